The summed E-state index contributed by atoms with van der Waals surface area (Å²) in [6, 6.07) is 26.1. The van der Waals surface area contributed by atoms with Crippen molar-refractivity contribution in [1.29, 1.82) is 0 Å². The molecule has 0 aliphatic heterocycles. The van der Waals surface area contributed by atoms with Crippen molar-refractivity contribution in [2.24, 2.45) is 0 Å². The van der Waals surface area contributed by atoms with Crippen LogP contribution in [0, 0.1) is 13.8 Å². The summed E-state index contributed by atoms with van der Waals surface area (Å²) in [6.07, 6.45) is 0. The zero-order chi connectivity index (χ0) is 24.3. The molecule has 4 aromatic carbocycles. The number of nitrogens with two attached hydrogens (primary N) is 2. The third-order valence-electron chi connectivity index (χ3n) is 6.11. The molecule has 34 heavy (non-hydrogen) atoms. The Hall–Kier alpha value is -3.99. The number of aryl methyl sites for hydroxylation is 2. The molecule has 0 fully saturated rings. The first-order chi connectivity index (χ1) is 16.3. The number of nitrogen functional groups attached to an aromatic ring is 2. The average molecular weight is 457 g/mol. The first-order valence-electron chi connectivity index (χ1n) is 11.1. The summed E-state index contributed by atoms with van der Waals surface area (Å²) >= 11 is 0. The summed E-state index contributed by atoms with van der Waals surface area (Å²) in [7, 11) is 0. The van der Waals surface area contributed by atoms with Crippen molar-refractivity contribution in [3.05, 3.63) is 107 Å². The average Bonchev–Trinajstić information content (AvgIpc) is 2.84. The monoisotopic (exact) mass is 456 g/mol. The van der Waals surface area contributed by atoms with Gasteiger partial charge in [-0.1, -0.05) is 24.3 Å². The van der Waals surface area contributed by atoms with Gasteiger partial charge in [-0.05, 0) is 104 Å². The van der Waals surface area contributed by atoms with E-state index in [-0.39, 0.29) is 0 Å². The lowest BCUT2D eigenvalue weighted by molar-refractivity contribution is 0.372. The Bertz CT molecular complexity index is 1190. The van der Waals surface area contributed by atoms with E-state index < -0.39 is 12.1 Å². The number of benzene rings is 4. The second-order valence-corrected chi connectivity index (χ2v) is 8.77. The van der Waals surface area contributed by atoms with E-state index in [1.807, 2.05) is 81.4 Å². The normalized spacial score (nSPS) is 11.3. The van der Waals surface area contributed by atoms with Gasteiger partial charge < -0.3 is 20.9 Å². The lowest BCUT2D eigenvalue weighted by Gasteiger charge is -2.29. The van der Waals surface area contributed by atoms with E-state index in [0.717, 1.165) is 33.8 Å². The van der Waals surface area contributed by atoms with Gasteiger partial charge in [0.05, 0.1) is 0 Å². The van der Waals surface area contributed by atoms with Crippen molar-refractivity contribution in [2.45, 2.75) is 26.2 Å². The van der Waals surface area contributed by atoms with E-state index in [9.17, 15) is 4.39 Å². The molecule has 0 saturated carbocycles. The molecule has 4 rings (SSSR count). The van der Waals surface area contributed by atoms with E-state index in [1.165, 1.54) is 0 Å². The Morgan fingerprint density at radius 1 is 0.647 bits per heavy atom. The Morgan fingerprint density at radius 2 is 1.03 bits per heavy atom. The van der Waals surface area contributed by atoms with Crippen LogP contribution in [0.2, 0.25) is 0 Å². The van der Waals surface area contributed by atoms with E-state index in [4.69, 9.17) is 20.9 Å². The van der Waals surface area contributed by atoms with Crippen molar-refractivity contribution in [3.8, 4) is 23.0 Å². The number of anilines is 2. The van der Waals surface area contributed by atoms with Crippen molar-refractivity contribution in [2.75, 3.05) is 18.1 Å². The molecule has 5 heteroatoms. The highest BCUT2D eigenvalue weighted by Crippen LogP contribution is 2.38. The van der Waals surface area contributed by atoms with Crippen LogP contribution >= 0.6 is 0 Å². The molecule has 0 amide bonds. The van der Waals surface area contributed by atoms with Crippen molar-refractivity contribution < 1.29 is 13.9 Å². The zero-order valence-electron chi connectivity index (χ0n) is 19.6. The second-order valence-electron chi connectivity index (χ2n) is 8.77. The Kier molecular flexibility index (Phi) is 6.46. The Balaban J connectivity index is 1.59. The summed E-state index contributed by atoms with van der Waals surface area (Å²) in [5.74, 6) is 2.84. The molecule has 0 bridgehead atoms. The van der Waals surface area contributed by atoms with Crippen LogP contribution in [0.3, 0.4) is 0 Å². The van der Waals surface area contributed by atoms with E-state index >= 15 is 0 Å². The van der Waals surface area contributed by atoms with Gasteiger partial charge in [0.25, 0.3) is 0 Å². The molecule has 0 atom stereocenters. The van der Waals surface area contributed by atoms with E-state index in [0.29, 0.717) is 22.9 Å². The molecule has 4 nitrogen and oxygen atoms in total. The lowest BCUT2D eigenvalue weighted by atomic mass is 9.76. The summed E-state index contributed by atoms with van der Waals surface area (Å²) < 4.78 is 26.6. The molecule has 4 N–H and O–H groups in total. The summed E-state index contributed by atoms with van der Waals surface area (Å²) in [5, 5.41) is 0. The molecule has 0 radical (unpaired) electrons. The quantitative estimate of drug-likeness (QED) is 0.286. The van der Waals surface area contributed by atoms with Crippen LogP contribution in [0.25, 0.3) is 0 Å². The minimum absolute atomic E-state index is 0.539. The molecule has 0 aliphatic rings. The van der Waals surface area contributed by atoms with Crippen LogP contribution < -0.4 is 20.9 Å². The SMILES string of the molecule is Cc1cc(C(C)(CF)c2ccc(Oc3ccc(N)cc3)c(C)c2)ccc1Oc1ccc(N)cc1. The van der Waals surface area contributed by atoms with Gasteiger partial charge in [0.1, 0.15) is 29.7 Å². The molecule has 0 aromatic heterocycles. The highest BCUT2D eigenvalue weighted by atomic mass is 19.1. The predicted octanol–water partition coefficient (Wildman–Crippen LogP) is 7.33. The third-order valence-corrected chi connectivity index (χ3v) is 6.11. The number of alkyl halides is 1. The molecular weight excluding hydrogens is 427 g/mol. The zero-order valence-corrected chi connectivity index (χ0v) is 19.6. The summed E-state index contributed by atoms with van der Waals surface area (Å²) in [5.41, 5.74) is 15.7. The van der Waals surface area contributed by atoms with E-state index in [1.54, 1.807) is 24.3 Å². The van der Waals surface area contributed by atoms with Gasteiger partial charge in [-0.15, -0.1) is 0 Å². The number of hydrogen-bond donors (Lipinski definition) is 2. The highest BCUT2D eigenvalue weighted by Gasteiger charge is 2.30. The minimum atomic E-state index is -0.811. The molecule has 0 spiro atoms. The Labute approximate surface area is 199 Å². The minimum Gasteiger partial charge on any atom is -0.457 e. The van der Waals surface area contributed by atoms with Crippen LogP contribution in [0.1, 0.15) is 29.2 Å². The fourth-order valence-electron chi connectivity index (χ4n) is 3.86. The molecule has 0 saturated heterocycles. The van der Waals surface area contributed by atoms with Gasteiger partial charge in [-0.25, -0.2) is 4.39 Å². The third kappa shape index (κ3) is 4.84. The smallest absolute Gasteiger partial charge is 0.130 e. The van der Waals surface area contributed by atoms with Crippen LogP contribution in [0.15, 0.2) is 84.9 Å². The molecule has 4 aromatic rings. The van der Waals surface area contributed by atoms with Gasteiger partial charge in [0.2, 0.25) is 0 Å². The topological polar surface area (TPSA) is 70.5 Å². The first kappa shape index (κ1) is 23.2. The van der Waals surface area contributed by atoms with Gasteiger partial charge in [0, 0.05) is 16.8 Å². The van der Waals surface area contributed by atoms with E-state index in [2.05, 4.69) is 0 Å². The number of hydrogen-bond acceptors (Lipinski definition) is 4. The van der Waals surface area contributed by atoms with Crippen molar-refractivity contribution in [1.82, 2.24) is 0 Å². The molecule has 0 unspecified atom stereocenters. The summed E-state index contributed by atoms with van der Waals surface area (Å²) in [4.78, 5) is 0. The maximum Gasteiger partial charge on any atom is 0.130 e. The summed E-state index contributed by atoms with van der Waals surface area (Å²) in [6.45, 7) is 5.30. The number of ether oxygens (including phenoxy) is 2. The van der Waals surface area contributed by atoms with Gasteiger partial charge >= 0.3 is 0 Å². The van der Waals surface area contributed by atoms with Crippen LogP contribution in [-0.4, -0.2) is 6.67 Å². The maximum absolute atomic E-state index is 14.6. The molecule has 0 aliphatic carbocycles. The van der Waals surface area contributed by atoms with Gasteiger partial charge in [-0.3, -0.25) is 0 Å². The number of rotatable bonds is 7. The lowest BCUT2D eigenvalue weighted by Crippen LogP contribution is -2.26. The van der Waals surface area contributed by atoms with Gasteiger partial charge in [0.15, 0.2) is 0 Å². The van der Waals surface area contributed by atoms with Crippen molar-refractivity contribution >= 4 is 11.4 Å². The van der Waals surface area contributed by atoms with Gasteiger partial charge in [-0.2, -0.15) is 0 Å². The number of halogens is 1. The van der Waals surface area contributed by atoms with Crippen molar-refractivity contribution in [3.63, 3.8) is 0 Å². The van der Waals surface area contributed by atoms with Crippen LogP contribution in [-0.2, 0) is 5.41 Å². The highest BCUT2D eigenvalue weighted by molar-refractivity contribution is 5.50. The fourth-order valence-corrected chi connectivity index (χ4v) is 3.86. The maximum atomic E-state index is 14.6. The largest absolute Gasteiger partial charge is 0.457 e. The molecule has 174 valence electrons. The molecular formula is C29H29FN2O2. The van der Waals surface area contributed by atoms with Crippen LogP contribution in [0.4, 0.5) is 15.8 Å². The predicted molar refractivity (Wildman–Crippen MR) is 137 cm³/mol. The second kappa shape index (κ2) is 9.48. The standard InChI is InChI=1S/C29H29FN2O2/c1-19-16-21(4-14-27(19)33-25-10-6-23(31)7-11-25)29(3,18-30)22-5-15-28(20(2)17-22)34-26-12-8-24(32)9-13-26/h4-17H,18,31-32H2,1-3H3. The molecule has 0 heterocycles. The van der Waals surface area contributed by atoms with Crippen LogP contribution in [0.5, 0.6) is 23.0 Å². The fraction of sp³-hybridized carbons (Fsp3) is 0.172. The first-order valence-corrected chi connectivity index (χ1v) is 11.1. The Morgan fingerprint density at radius 3 is 1.35 bits per heavy atom.